The minimum absolute atomic E-state index is 0.129. The fourth-order valence-corrected chi connectivity index (χ4v) is 2.27. The predicted molar refractivity (Wildman–Crippen MR) is 89.5 cm³/mol. The molecule has 5 nitrogen and oxygen atoms in total. The molecular formula is C18H21F3O5. The first-order valence-corrected chi connectivity index (χ1v) is 7.63. The van der Waals surface area contributed by atoms with E-state index in [1.165, 1.54) is 26.4 Å². The van der Waals surface area contributed by atoms with Gasteiger partial charge in [0, 0.05) is 13.2 Å². The van der Waals surface area contributed by atoms with Gasteiger partial charge in [-0.1, -0.05) is 12.1 Å². The second-order valence-corrected chi connectivity index (χ2v) is 4.96. The van der Waals surface area contributed by atoms with Crippen molar-refractivity contribution in [3.63, 3.8) is 0 Å². The van der Waals surface area contributed by atoms with E-state index in [-0.39, 0.29) is 11.3 Å². The van der Waals surface area contributed by atoms with Crippen molar-refractivity contribution in [2.75, 3.05) is 27.9 Å². The lowest BCUT2D eigenvalue weighted by Crippen LogP contribution is -2.41. The molecule has 0 N–H and O–H groups in total. The van der Waals surface area contributed by atoms with E-state index >= 15 is 0 Å². The van der Waals surface area contributed by atoms with Gasteiger partial charge in [-0.15, -0.1) is 0 Å². The van der Waals surface area contributed by atoms with Crippen LogP contribution in [-0.4, -0.2) is 46.4 Å². The van der Waals surface area contributed by atoms with Gasteiger partial charge in [-0.25, -0.2) is 13.2 Å². The molecule has 0 radical (unpaired) electrons. The van der Waals surface area contributed by atoms with Crippen LogP contribution in [0.3, 0.4) is 0 Å². The van der Waals surface area contributed by atoms with Crippen LogP contribution in [0.2, 0.25) is 0 Å². The predicted octanol–water partition coefficient (Wildman–Crippen LogP) is 3.75. The zero-order valence-corrected chi connectivity index (χ0v) is 14.9. The topological polar surface area (TPSA) is 54.0 Å². The number of hydrogen-bond donors (Lipinski definition) is 0. The molecule has 8 heteroatoms. The van der Waals surface area contributed by atoms with Gasteiger partial charge in [0.1, 0.15) is 17.3 Å². The third-order valence-corrected chi connectivity index (χ3v) is 3.55. The van der Waals surface area contributed by atoms with Crippen LogP contribution < -0.4 is 4.74 Å². The number of carbonyl (C=O) groups excluding carboxylic acids is 1. The third kappa shape index (κ3) is 4.57. The summed E-state index contributed by atoms with van der Waals surface area (Å²) in [5.74, 6) is -3.82. The van der Waals surface area contributed by atoms with Gasteiger partial charge in [-0.05, 0) is 24.6 Å². The van der Waals surface area contributed by atoms with Crippen LogP contribution in [0.25, 0.3) is 5.57 Å². The summed E-state index contributed by atoms with van der Waals surface area (Å²) in [4.78, 5) is 9.18. The van der Waals surface area contributed by atoms with Gasteiger partial charge >= 0.3 is 0 Å². The summed E-state index contributed by atoms with van der Waals surface area (Å²) in [5.41, 5.74) is 0.104. The van der Waals surface area contributed by atoms with Crippen molar-refractivity contribution >= 4 is 12.0 Å². The molecule has 0 aromatic heterocycles. The molecule has 1 aromatic rings. The van der Waals surface area contributed by atoms with Crippen molar-refractivity contribution in [2.24, 2.45) is 0 Å². The minimum Gasteiger partial charge on any atom is -0.497 e. The van der Waals surface area contributed by atoms with E-state index in [9.17, 15) is 18.0 Å². The summed E-state index contributed by atoms with van der Waals surface area (Å²) in [5, 5.41) is 0. The lowest BCUT2D eigenvalue weighted by molar-refractivity contribution is -0.128. The maximum atomic E-state index is 14.9. The number of benzene rings is 1. The van der Waals surface area contributed by atoms with Gasteiger partial charge in [-0.3, -0.25) is 4.79 Å². The fourth-order valence-electron chi connectivity index (χ4n) is 2.27. The number of hydrogen-bond acceptors (Lipinski definition) is 5. The molecule has 1 aromatic carbocycles. The average Bonchev–Trinajstić information content (AvgIpc) is 2.67. The Morgan fingerprint density at radius 1 is 1.15 bits per heavy atom. The van der Waals surface area contributed by atoms with E-state index in [0.717, 1.165) is 13.2 Å². The number of halogens is 3. The molecule has 0 aliphatic heterocycles. The van der Waals surface area contributed by atoms with Crippen molar-refractivity contribution < 1.29 is 36.9 Å². The van der Waals surface area contributed by atoms with Gasteiger partial charge in [-0.2, -0.15) is 0 Å². The van der Waals surface area contributed by atoms with Gasteiger partial charge in [0.05, 0.1) is 26.4 Å². The third-order valence-electron chi connectivity index (χ3n) is 3.55. The number of alkyl halides is 2. The lowest BCUT2D eigenvalue weighted by Gasteiger charge is -2.33. The molecule has 1 aliphatic carbocycles. The average molecular weight is 374 g/mol. The van der Waals surface area contributed by atoms with Gasteiger partial charge in [0.2, 0.25) is 6.17 Å². The normalized spacial score (nSPS) is 22.0. The van der Waals surface area contributed by atoms with Crippen LogP contribution >= 0.6 is 0 Å². The first-order valence-electron chi connectivity index (χ1n) is 7.63. The fraction of sp³-hybridized carbons (Fsp3) is 0.389. The van der Waals surface area contributed by atoms with Gasteiger partial charge in [0.15, 0.2) is 0 Å². The molecule has 0 amide bonds. The first kappa shape index (κ1) is 21.6. The maximum absolute atomic E-state index is 14.9. The Morgan fingerprint density at radius 3 is 2.15 bits per heavy atom. The van der Waals surface area contributed by atoms with Crippen molar-refractivity contribution in [3.8, 4) is 5.75 Å². The molecule has 2 atom stereocenters. The summed E-state index contributed by atoms with van der Waals surface area (Å²) in [6.45, 7) is 2.66. The highest BCUT2D eigenvalue weighted by Gasteiger charge is 2.51. The molecule has 26 heavy (non-hydrogen) atoms. The van der Waals surface area contributed by atoms with Crippen molar-refractivity contribution in [2.45, 2.75) is 19.0 Å². The molecular weight excluding hydrogens is 353 g/mol. The number of methoxy groups -OCH3 is 3. The molecule has 0 heterocycles. The van der Waals surface area contributed by atoms with Gasteiger partial charge in [0.25, 0.3) is 12.3 Å². The van der Waals surface area contributed by atoms with E-state index in [2.05, 4.69) is 9.47 Å². The second-order valence-electron chi connectivity index (χ2n) is 4.96. The van der Waals surface area contributed by atoms with E-state index < -0.39 is 17.9 Å². The molecule has 0 bridgehead atoms. The largest absolute Gasteiger partial charge is 0.497 e. The Kier molecular flexibility index (Phi) is 8.18. The van der Waals surface area contributed by atoms with Crippen molar-refractivity contribution in [1.82, 2.24) is 0 Å². The molecule has 2 unspecified atom stereocenters. The molecule has 0 fully saturated rings. The van der Waals surface area contributed by atoms with Crippen LogP contribution in [-0.2, 0) is 19.0 Å². The lowest BCUT2D eigenvalue weighted by atomic mass is 9.89. The Bertz CT molecular complexity index is 657. The second kappa shape index (κ2) is 9.86. The molecule has 0 spiro atoms. The highest BCUT2D eigenvalue weighted by atomic mass is 19.2. The highest BCUT2D eigenvalue weighted by molar-refractivity contribution is 5.77. The van der Waals surface area contributed by atoms with E-state index in [1.807, 2.05) is 0 Å². The molecule has 0 saturated heterocycles. The van der Waals surface area contributed by atoms with Crippen LogP contribution in [0, 0.1) is 0 Å². The zero-order valence-electron chi connectivity index (χ0n) is 14.9. The van der Waals surface area contributed by atoms with Gasteiger partial charge < -0.3 is 18.9 Å². The van der Waals surface area contributed by atoms with E-state index in [1.54, 1.807) is 19.1 Å². The Hall–Kier alpha value is -2.48. The number of carbonyl (C=O) groups is 1. The summed E-state index contributed by atoms with van der Waals surface area (Å²) in [7, 11) is 3.71. The van der Waals surface area contributed by atoms with Crippen molar-refractivity contribution in [3.05, 3.63) is 47.5 Å². The molecule has 1 aliphatic rings. The minimum atomic E-state index is -2.96. The highest BCUT2D eigenvalue weighted by Crippen LogP contribution is 2.45. The SMILES string of the molecule is CCOC=O.COC1=C(c2ccc(OC)cc2)C(F)(OC)C(F)C(F)=C1. The zero-order chi connectivity index (χ0) is 19.7. The van der Waals surface area contributed by atoms with E-state index in [0.29, 0.717) is 24.4 Å². The Morgan fingerprint density at radius 2 is 1.77 bits per heavy atom. The maximum Gasteiger partial charge on any atom is 0.293 e. The van der Waals surface area contributed by atoms with Crippen LogP contribution in [0.5, 0.6) is 5.75 Å². The molecule has 2 rings (SSSR count). The standard InChI is InChI=1S/C15H15F3O3.C3H6O2/c1-19-10-6-4-9(5-7-10)13-12(20-2)8-11(16)14(17)15(13,18)21-3;1-2-5-3-4/h4-8,14H,1-3H3;3H,2H2,1H3. The summed E-state index contributed by atoms with van der Waals surface area (Å²) < 4.78 is 61.1. The first-order chi connectivity index (χ1) is 12.4. The molecule has 144 valence electrons. The quantitative estimate of drug-likeness (QED) is 0.710. The number of rotatable bonds is 6. The molecule has 0 saturated carbocycles. The summed E-state index contributed by atoms with van der Waals surface area (Å²) in [6, 6.07) is 6.19. The van der Waals surface area contributed by atoms with E-state index in [4.69, 9.17) is 9.47 Å². The summed E-state index contributed by atoms with van der Waals surface area (Å²) in [6.07, 6.45) is -1.74. The number of ether oxygens (including phenoxy) is 4. The summed E-state index contributed by atoms with van der Waals surface area (Å²) >= 11 is 0. The number of allylic oxidation sites excluding steroid dienone is 1. The van der Waals surface area contributed by atoms with Crippen LogP contribution in [0.15, 0.2) is 41.9 Å². The van der Waals surface area contributed by atoms with Crippen LogP contribution in [0.1, 0.15) is 12.5 Å². The van der Waals surface area contributed by atoms with Crippen LogP contribution in [0.4, 0.5) is 13.2 Å². The Labute approximate surface area is 150 Å². The Balaban J connectivity index is 0.000000597. The monoisotopic (exact) mass is 374 g/mol. The van der Waals surface area contributed by atoms with Crippen molar-refractivity contribution in [1.29, 1.82) is 0 Å². The smallest absolute Gasteiger partial charge is 0.293 e.